The van der Waals surface area contributed by atoms with Gasteiger partial charge in [0.1, 0.15) is 0 Å². The van der Waals surface area contributed by atoms with Gasteiger partial charge in [-0.25, -0.2) is 4.79 Å². The van der Waals surface area contributed by atoms with Crippen LogP contribution in [0.3, 0.4) is 0 Å². The summed E-state index contributed by atoms with van der Waals surface area (Å²) >= 11 is 0. The van der Waals surface area contributed by atoms with Gasteiger partial charge in [-0.2, -0.15) is 0 Å². The monoisotopic (exact) mass is 209 g/mol. The summed E-state index contributed by atoms with van der Waals surface area (Å²) in [4.78, 5) is 11.2. The minimum absolute atomic E-state index is 0.0949. The molecule has 0 aromatic heterocycles. The molecule has 1 aromatic rings. The van der Waals surface area contributed by atoms with Crippen molar-refractivity contribution in [2.24, 2.45) is 5.73 Å². The van der Waals surface area contributed by atoms with E-state index in [1.54, 1.807) is 31.2 Å². The third kappa shape index (κ3) is 2.55. The summed E-state index contributed by atoms with van der Waals surface area (Å²) in [5, 5.41) is 9.90. The molecule has 0 aliphatic carbocycles. The average molecular weight is 209 g/mol. The average Bonchev–Trinajstić information content (AvgIpc) is 2.28. The smallest absolute Gasteiger partial charge is 0.337 e. The van der Waals surface area contributed by atoms with Gasteiger partial charge in [-0.15, -0.1) is 0 Å². The van der Waals surface area contributed by atoms with E-state index < -0.39 is 11.6 Å². The number of aliphatic hydroxyl groups is 1. The highest BCUT2D eigenvalue weighted by atomic mass is 16.5. The standard InChI is InChI=1S/C11H15NO3/c1-11(14,7-12)9-5-3-4-8(6-9)10(13)15-2/h3-6,14H,7,12H2,1-2H3. The Kier molecular flexibility index (Phi) is 3.44. The molecule has 0 heterocycles. The summed E-state index contributed by atoms with van der Waals surface area (Å²) in [7, 11) is 1.32. The zero-order chi connectivity index (χ0) is 11.5. The fourth-order valence-corrected chi connectivity index (χ4v) is 1.22. The first kappa shape index (κ1) is 11.7. The van der Waals surface area contributed by atoms with Crippen LogP contribution in [-0.4, -0.2) is 24.7 Å². The largest absolute Gasteiger partial charge is 0.465 e. The Labute approximate surface area is 88.7 Å². The van der Waals surface area contributed by atoms with Crippen LogP contribution >= 0.6 is 0 Å². The summed E-state index contributed by atoms with van der Waals surface area (Å²) < 4.78 is 4.59. The zero-order valence-corrected chi connectivity index (χ0v) is 8.86. The summed E-state index contributed by atoms with van der Waals surface area (Å²) in [6, 6.07) is 6.62. The second-order valence-corrected chi connectivity index (χ2v) is 3.55. The Morgan fingerprint density at radius 1 is 1.60 bits per heavy atom. The van der Waals surface area contributed by atoms with Crippen LogP contribution in [-0.2, 0) is 10.3 Å². The second-order valence-electron chi connectivity index (χ2n) is 3.55. The molecular weight excluding hydrogens is 194 g/mol. The van der Waals surface area contributed by atoms with Gasteiger partial charge in [0.15, 0.2) is 0 Å². The first-order chi connectivity index (χ1) is 7.01. The molecule has 0 saturated heterocycles. The maximum atomic E-state index is 11.2. The fourth-order valence-electron chi connectivity index (χ4n) is 1.22. The van der Waals surface area contributed by atoms with Crippen LogP contribution in [0.25, 0.3) is 0 Å². The second kappa shape index (κ2) is 4.42. The Hall–Kier alpha value is -1.39. The van der Waals surface area contributed by atoms with Gasteiger partial charge in [0.2, 0.25) is 0 Å². The normalized spacial score (nSPS) is 14.4. The van der Waals surface area contributed by atoms with Crippen molar-refractivity contribution in [3.8, 4) is 0 Å². The number of carbonyl (C=O) groups is 1. The summed E-state index contributed by atoms with van der Waals surface area (Å²) in [5.74, 6) is -0.426. The molecule has 0 aliphatic rings. The van der Waals surface area contributed by atoms with Crippen LogP contribution in [0, 0.1) is 0 Å². The van der Waals surface area contributed by atoms with Crippen molar-refractivity contribution in [1.82, 2.24) is 0 Å². The van der Waals surface area contributed by atoms with E-state index in [-0.39, 0.29) is 6.54 Å². The molecule has 1 unspecified atom stereocenters. The van der Waals surface area contributed by atoms with Gasteiger partial charge in [0.05, 0.1) is 18.3 Å². The lowest BCUT2D eigenvalue weighted by atomic mass is 9.95. The highest BCUT2D eigenvalue weighted by Crippen LogP contribution is 2.20. The van der Waals surface area contributed by atoms with Crippen molar-refractivity contribution >= 4 is 5.97 Å². The molecule has 1 rings (SSSR count). The van der Waals surface area contributed by atoms with E-state index in [4.69, 9.17) is 5.73 Å². The van der Waals surface area contributed by atoms with Gasteiger partial charge in [0.25, 0.3) is 0 Å². The Balaban J connectivity index is 3.08. The minimum atomic E-state index is -1.12. The van der Waals surface area contributed by atoms with Crippen LogP contribution < -0.4 is 5.73 Å². The molecule has 1 atom stereocenters. The molecular formula is C11H15NO3. The molecule has 82 valence electrons. The van der Waals surface area contributed by atoms with E-state index in [0.29, 0.717) is 11.1 Å². The number of esters is 1. The van der Waals surface area contributed by atoms with E-state index in [1.807, 2.05) is 0 Å². The number of methoxy groups -OCH3 is 1. The van der Waals surface area contributed by atoms with E-state index in [2.05, 4.69) is 4.74 Å². The van der Waals surface area contributed by atoms with Gasteiger partial charge >= 0.3 is 5.97 Å². The van der Waals surface area contributed by atoms with E-state index in [0.717, 1.165) is 0 Å². The molecule has 4 nitrogen and oxygen atoms in total. The summed E-state index contributed by atoms with van der Waals surface area (Å²) in [5.41, 5.74) is 5.32. The number of hydrogen-bond acceptors (Lipinski definition) is 4. The van der Waals surface area contributed by atoms with Crippen LogP contribution in [0.5, 0.6) is 0 Å². The summed E-state index contributed by atoms with van der Waals surface area (Å²) in [6.07, 6.45) is 0. The number of rotatable bonds is 3. The Morgan fingerprint density at radius 2 is 2.27 bits per heavy atom. The van der Waals surface area contributed by atoms with Gasteiger partial charge in [-0.3, -0.25) is 0 Å². The molecule has 0 aliphatic heterocycles. The lowest BCUT2D eigenvalue weighted by Crippen LogP contribution is -2.31. The molecule has 0 spiro atoms. The van der Waals surface area contributed by atoms with Gasteiger partial charge in [0, 0.05) is 6.54 Å². The maximum absolute atomic E-state index is 11.2. The van der Waals surface area contributed by atoms with E-state index in [1.165, 1.54) is 7.11 Å². The molecule has 1 aromatic carbocycles. The molecule has 0 amide bonds. The fraction of sp³-hybridized carbons (Fsp3) is 0.364. The SMILES string of the molecule is COC(=O)c1cccc(C(C)(O)CN)c1. The number of carbonyl (C=O) groups excluding carboxylic acids is 1. The number of ether oxygens (including phenoxy) is 1. The molecule has 0 radical (unpaired) electrons. The van der Waals surface area contributed by atoms with Crippen LogP contribution in [0.4, 0.5) is 0 Å². The Bertz CT molecular complexity index is 361. The lowest BCUT2D eigenvalue weighted by molar-refractivity contribution is 0.0594. The molecule has 3 N–H and O–H groups in total. The van der Waals surface area contributed by atoms with Crippen LogP contribution in [0.2, 0.25) is 0 Å². The van der Waals surface area contributed by atoms with Crippen molar-refractivity contribution in [2.45, 2.75) is 12.5 Å². The third-order valence-corrected chi connectivity index (χ3v) is 2.30. The predicted octanol–water partition coefficient (Wildman–Crippen LogP) is 0.639. The number of benzene rings is 1. The van der Waals surface area contributed by atoms with E-state index in [9.17, 15) is 9.90 Å². The quantitative estimate of drug-likeness (QED) is 0.716. The minimum Gasteiger partial charge on any atom is -0.465 e. The van der Waals surface area contributed by atoms with E-state index >= 15 is 0 Å². The topological polar surface area (TPSA) is 72.5 Å². The molecule has 4 heteroatoms. The highest BCUT2D eigenvalue weighted by Gasteiger charge is 2.21. The molecule has 0 saturated carbocycles. The molecule has 0 fully saturated rings. The van der Waals surface area contributed by atoms with Crippen LogP contribution in [0.1, 0.15) is 22.8 Å². The van der Waals surface area contributed by atoms with Crippen molar-refractivity contribution in [1.29, 1.82) is 0 Å². The lowest BCUT2D eigenvalue weighted by Gasteiger charge is -2.21. The highest BCUT2D eigenvalue weighted by molar-refractivity contribution is 5.89. The first-order valence-corrected chi connectivity index (χ1v) is 4.62. The van der Waals surface area contributed by atoms with Crippen molar-refractivity contribution in [2.75, 3.05) is 13.7 Å². The molecule has 15 heavy (non-hydrogen) atoms. The first-order valence-electron chi connectivity index (χ1n) is 4.62. The molecule has 0 bridgehead atoms. The predicted molar refractivity (Wildman–Crippen MR) is 56.4 cm³/mol. The third-order valence-electron chi connectivity index (χ3n) is 2.30. The van der Waals surface area contributed by atoms with Crippen molar-refractivity contribution < 1.29 is 14.6 Å². The summed E-state index contributed by atoms with van der Waals surface area (Å²) in [6.45, 7) is 1.70. The van der Waals surface area contributed by atoms with Crippen molar-refractivity contribution in [3.63, 3.8) is 0 Å². The number of nitrogens with two attached hydrogens (primary N) is 1. The zero-order valence-electron chi connectivity index (χ0n) is 8.86. The van der Waals surface area contributed by atoms with Crippen LogP contribution in [0.15, 0.2) is 24.3 Å². The van der Waals surface area contributed by atoms with Gasteiger partial charge in [-0.05, 0) is 24.6 Å². The Morgan fingerprint density at radius 3 is 2.80 bits per heavy atom. The van der Waals surface area contributed by atoms with Gasteiger partial charge < -0.3 is 15.6 Å². The maximum Gasteiger partial charge on any atom is 0.337 e. The van der Waals surface area contributed by atoms with Gasteiger partial charge in [-0.1, -0.05) is 12.1 Å². The van der Waals surface area contributed by atoms with Crippen molar-refractivity contribution in [3.05, 3.63) is 35.4 Å². The number of hydrogen-bond donors (Lipinski definition) is 2.